The van der Waals surface area contributed by atoms with Gasteiger partial charge in [-0.2, -0.15) is 13.2 Å². The van der Waals surface area contributed by atoms with Crippen molar-refractivity contribution in [2.45, 2.75) is 12.6 Å². The number of halogens is 3. The molecule has 3 nitrogen and oxygen atoms in total. The Balaban J connectivity index is 2.20. The van der Waals surface area contributed by atoms with Crippen molar-refractivity contribution in [2.75, 3.05) is 12.3 Å². The van der Waals surface area contributed by atoms with Crippen molar-refractivity contribution in [3.8, 4) is 11.5 Å². The highest BCUT2D eigenvalue weighted by Gasteiger charge is 2.33. The molecule has 0 heterocycles. The van der Waals surface area contributed by atoms with Crippen LogP contribution in [-0.4, -0.2) is 11.7 Å². The zero-order valence-electron chi connectivity index (χ0n) is 11.0. The van der Waals surface area contributed by atoms with Crippen LogP contribution >= 0.6 is 0 Å². The molecule has 0 saturated carbocycles. The molecule has 0 aliphatic carbocycles. The lowest BCUT2D eigenvalue weighted by atomic mass is 10.1. The van der Waals surface area contributed by atoms with Gasteiger partial charge in [-0.1, -0.05) is 12.1 Å². The second-order valence-corrected chi connectivity index (χ2v) is 4.47. The molecule has 112 valence electrons. The van der Waals surface area contributed by atoms with Crippen LogP contribution in [0.3, 0.4) is 0 Å². The minimum absolute atomic E-state index is 0.0348. The molecule has 0 aliphatic rings. The fourth-order valence-corrected chi connectivity index (χ4v) is 1.83. The van der Waals surface area contributed by atoms with Crippen LogP contribution in [0.15, 0.2) is 42.5 Å². The lowest BCUT2D eigenvalue weighted by molar-refractivity contribution is -0.137. The Hall–Kier alpha value is -2.21. The number of ether oxygens (including phenoxy) is 1. The van der Waals surface area contributed by atoms with E-state index in [9.17, 15) is 13.2 Å². The number of hydrogen-bond acceptors (Lipinski definition) is 3. The summed E-state index contributed by atoms with van der Waals surface area (Å²) in [6, 6.07) is 10.2. The molecule has 3 N–H and O–H groups in total. The molecule has 0 bridgehead atoms. The first-order chi connectivity index (χ1) is 9.90. The third-order valence-corrected chi connectivity index (χ3v) is 2.89. The Morgan fingerprint density at radius 2 is 1.62 bits per heavy atom. The highest BCUT2D eigenvalue weighted by Crippen LogP contribution is 2.36. The van der Waals surface area contributed by atoms with Crippen LogP contribution in [0.25, 0.3) is 0 Å². The van der Waals surface area contributed by atoms with E-state index in [0.29, 0.717) is 12.2 Å². The third-order valence-electron chi connectivity index (χ3n) is 2.89. The molecular formula is C15H14F3NO2. The maximum atomic E-state index is 12.7. The molecule has 2 aromatic carbocycles. The van der Waals surface area contributed by atoms with Crippen molar-refractivity contribution in [1.82, 2.24) is 0 Å². The molecule has 0 atom stereocenters. The smallest absolute Gasteiger partial charge is 0.418 e. The van der Waals surface area contributed by atoms with Gasteiger partial charge in [0.05, 0.1) is 5.56 Å². The van der Waals surface area contributed by atoms with Gasteiger partial charge in [-0.15, -0.1) is 0 Å². The van der Waals surface area contributed by atoms with Crippen LogP contribution in [0.2, 0.25) is 0 Å². The molecule has 0 aromatic heterocycles. The molecule has 0 amide bonds. The number of nitrogens with two attached hydrogens (primary N) is 1. The summed E-state index contributed by atoms with van der Waals surface area (Å²) in [6.07, 6.45) is -4.01. The summed E-state index contributed by atoms with van der Waals surface area (Å²) in [4.78, 5) is 0. The van der Waals surface area contributed by atoms with E-state index in [-0.39, 0.29) is 18.0 Å². The number of anilines is 1. The Morgan fingerprint density at radius 3 is 2.19 bits per heavy atom. The van der Waals surface area contributed by atoms with Gasteiger partial charge in [0.15, 0.2) is 0 Å². The molecule has 2 rings (SSSR count). The Labute approximate surface area is 119 Å². The average molecular weight is 297 g/mol. The van der Waals surface area contributed by atoms with Crippen molar-refractivity contribution in [3.05, 3.63) is 53.6 Å². The maximum Gasteiger partial charge on any atom is 0.418 e. The van der Waals surface area contributed by atoms with E-state index >= 15 is 0 Å². The van der Waals surface area contributed by atoms with E-state index in [1.165, 1.54) is 6.07 Å². The van der Waals surface area contributed by atoms with Crippen LogP contribution in [-0.2, 0) is 12.6 Å². The highest BCUT2D eigenvalue weighted by atomic mass is 19.4. The lowest BCUT2D eigenvalue weighted by Crippen LogP contribution is -2.08. The van der Waals surface area contributed by atoms with Crippen LogP contribution in [0.1, 0.15) is 11.1 Å². The van der Waals surface area contributed by atoms with Gasteiger partial charge in [0, 0.05) is 12.3 Å². The van der Waals surface area contributed by atoms with E-state index in [2.05, 4.69) is 0 Å². The summed E-state index contributed by atoms with van der Waals surface area (Å²) in [7, 11) is 0. The monoisotopic (exact) mass is 297 g/mol. The summed E-state index contributed by atoms with van der Waals surface area (Å²) in [6.45, 7) is 0.0348. The van der Waals surface area contributed by atoms with Gasteiger partial charge in [0.25, 0.3) is 0 Å². The molecule has 0 fully saturated rings. The second-order valence-electron chi connectivity index (χ2n) is 4.47. The average Bonchev–Trinajstić information content (AvgIpc) is 2.42. The van der Waals surface area contributed by atoms with Gasteiger partial charge in [-0.05, 0) is 42.3 Å². The lowest BCUT2D eigenvalue weighted by Gasteiger charge is -2.12. The fourth-order valence-electron chi connectivity index (χ4n) is 1.83. The number of nitrogen functional groups attached to an aromatic ring is 1. The molecule has 6 heteroatoms. The molecule has 0 aliphatic heterocycles. The molecule has 0 unspecified atom stereocenters. The predicted molar refractivity (Wildman–Crippen MR) is 73.2 cm³/mol. The van der Waals surface area contributed by atoms with E-state index < -0.39 is 11.7 Å². The van der Waals surface area contributed by atoms with Gasteiger partial charge in [0.2, 0.25) is 0 Å². The first-order valence-electron chi connectivity index (χ1n) is 6.24. The molecule has 21 heavy (non-hydrogen) atoms. The Morgan fingerprint density at radius 1 is 1.00 bits per heavy atom. The SMILES string of the molecule is Nc1ccc(Oc2ccc(CCO)cc2)cc1C(F)(F)F. The normalized spacial score (nSPS) is 11.4. The summed E-state index contributed by atoms with van der Waals surface area (Å²) in [5.41, 5.74) is 4.98. The van der Waals surface area contributed by atoms with E-state index in [1.54, 1.807) is 24.3 Å². The van der Waals surface area contributed by atoms with Gasteiger partial charge in [0.1, 0.15) is 11.5 Å². The first kappa shape index (κ1) is 15.2. The largest absolute Gasteiger partial charge is 0.457 e. The van der Waals surface area contributed by atoms with Gasteiger partial charge < -0.3 is 15.6 Å². The van der Waals surface area contributed by atoms with E-state index in [1.807, 2.05) is 0 Å². The first-order valence-corrected chi connectivity index (χ1v) is 6.24. The predicted octanol–water partition coefficient (Wildman–Crippen LogP) is 3.61. The summed E-state index contributed by atoms with van der Waals surface area (Å²) >= 11 is 0. The van der Waals surface area contributed by atoms with Crippen molar-refractivity contribution in [3.63, 3.8) is 0 Å². The van der Waals surface area contributed by atoms with E-state index in [0.717, 1.165) is 17.7 Å². The Bertz CT molecular complexity index is 609. The minimum Gasteiger partial charge on any atom is -0.457 e. The number of aliphatic hydroxyl groups is 1. The molecule has 0 saturated heterocycles. The zero-order valence-corrected chi connectivity index (χ0v) is 11.0. The summed E-state index contributed by atoms with van der Waals surface area (Å²) in [5.74, 6) is 0.473. The number of alkyl halides is 3. The van der Waals surface area contributed by atoms with Crippen molar-refractivity contribution < 1.29 is 23.0 Å². The van der Waals surface area contributed by atoms with Crippen molar-refractivity contribution >= 4 is 5.69 Å². The van der Waals surface area contributed by atoms with Gasteiger partial charge in [-0.3, -0.25) is 0 Å². The van der Waals surface area contributed by atoms with Crippen LogP contribution in [0.5, 0.6) is 11.5 Å². The zero-order chi connectivity index (χ0) is 15.5. The van der Waals surface area contributed by atoms with Crippen molar-refractivity contribution in [2.24, 2.45) is 0 Å². The van der Waals surface area contributed by atoms with Gasteiger partial charge in [-0.25, -0.2) is 0 Å². The second kappa shape index (κ2) is 6.05. The summed E-state index contributed by atoms with van der Waals surface area (Å²) in [5, 5.41) is 8.81. The van der Waals surface area contributed by atoms with Crippen molar-refractivity contribution in [1.29, 1.82) is 0 Å². The molecule has 0 radical (unpaired) electrons. The quantitative estimate of drug-likeness (QED) is 0.848. The molecule has 2 aromatic rings. The molecule has 0 spiro atoms. The highest BCUT2D eigenvalue weighted by molar-refractivity contribution is 5.52. The maximum absolute atomic E-state index is 12.7. The number of hydrogen-bond donors (Lipinski definition) is 2. The van der Waals surface area contributed by atoms with Crippen LogP contribution in [0, 0.1) is 0 Å². The minimum atomic E-state index is -4.52. The Kier molecular flexibility index (Phi) is 4.37. The number of aliphatic hydroxyl groups excluding tert-OH is 1. The number of benzene rings is 2. The third kappa shape index (κ3) is 3.88. The fraction of sp³-hybridized carbons (Fsp3) is 0.200. The van der Waals surface area contributed by atoms with Gasteiger partial charge >= 0.3 is 6.18 Å². The van der Waals surface area contributed by atoms with Crippen LogP contribution in [0.4, 0.5) is 18.9 Å². The van der Waals surface area contributed by atoms with Crippen LogP contribution < -0.4 is 10.5 Å². The summed E-state index contributed by atoms with van der Waals surface area (Å²) < 4.78 is 43.6. The van der Waals surface area contributed by atoms with E-state index in [4.69, 9.17) is 15.6 Å². The topological polar surface area (TPSA) is 55.5 Å². The molecular weight excluding hydrogens is 283 g/mol. The number of rotatable bonds is 4. The standard InChI is InChI=1S/C15H14F3NO2/c16-15(17,18)13-9-12(5-6-14(13)19)21-11-3-1-10(2-4-11)7-8-20/h1-6,9,20H,7-8,19H2.